The van der Waals surface area contributed by atoms with E-state index in [1.807, 2.05) is 54.6 Å². The van der Waals surface area contributed by atoms with Gasteiger partial charge in [-0.15, -0.1) is 10.2 Å². The maximum Gasteiger partial charge on any atom is 0.141 e. The molecule has 0 unspecified atom stereocenters. The van der Waals surface area contributed by atoms with Crippen molar-refractivity contribution in [2.24, 2.45) is 5.10 Å². The van der Waals surface area contributed by atoms with E-state index in [0.29, 0.717) is 0 Å². The summed E-state index contributed by atoms with van der Waals surface area (Å²) in [4.78, 5) is 0. The standard InChI is InChI=1S/C15H13N5/c1-2-7-14(8-3-1)19-15-9-5-4-6-13(15)10-18-20-11-16-17-12-20/h1-12,19H. The van der Waals surface area contributed by atoms with Gasteiger partial charge in [0.05, 0.1) is 6.21 Å². The molecule has 5 nitrogen and oxygen atoms in total. The van der Waals surface area contributed by atoms with Gasteiger partial charge in [-0.25, -0.2) is 4.68 Å². The number of benzene rings is 2. The van der Waals surface area contributed by atoms with Crippen LogP contribution < -0.4 is 5.32 Å². The molecule has 3 aromatic rings. The van der Waals surface area contributed by atoms with Gasteiger partial charge >= 0.3 is 0 Å². The third-order valence-corrected chi connectivity index (χ3v) is 2.75. The van der Waals surface area contributed by atoms with Gasteiger partial charge in [-0.3, -0.25) is 0 Å². The van der Waals surface area contributed by atoms with Crippen molar-refractivity contribution in [3.63, 3.8) is 0 Å². The lowest BCUT2D eigenvalue weighted by molar-refractivity contribution is 0.878. The van der Waals surface area contributed by atoms with Crippen LogP contribution in [0.25, 0.3) is 0 Å². The zero-order chi connectivity index (χ0) is 13.6. The van der Waals surface area contributed by atoms with E-state index >= 15 is 0 Å². The van der Waals surface area contributed by atoms with Gasteiger partial charge < -0.3 is 5.32 Å². The van der Waals surface area contributed by atoms with Crippen molar-refractivity contribution < 1.29 is 0 Å². The lowest BCUT2D eigenvalue weighted by Gasteiger charge is -2.08. The fraction of sp³-hybridized carbons (Fsp3) is 0. The first-order valence-corrected chi connectivity index (χ1v) is 6.22. The molecule has 3 rings (SSSR count). The Morgan fingerprint density at radius 3 is 2.40 bits per heavy atom. The maximum absolute atomic E-state index is 4.27. The van der Waals surface area contributed by atoms with Crippen LogP contribution in [-0.4, -0.2) is 21.1 Å². The highest BCUT2D eigenvalue weighted by Crippen LogP contribution is 2.19. The molecule has 5 heteroatoms. The summed E-state index contributed by atoms with van der Waals surface area (Å²) in [6.07, 6.45) is 4.86. The quantitative estimate of drug-likeness (QED) is 0.736. The van der Waals surface area contributed by atoms with E-state index < -0.39 is 0 Å². The summed E-state index contributed by atoms with van der Waals surface area (Å²) in [5.41, 5.74) is 3.03. The molecule has 98 valence electrons. The maximum atomic E-state index is 4.27. The minimum Gasteiger partial charge on any atom is -0.355 e. The van der Waals surface area contributed by atoms with E-state index in [0.717, 1.165) is 16.9 Å². The fourth-order valence-electron chi connectivity index (χ4n) is 1.78. The second-order valence-electron chi connectivity index (χ2n) is 4.16. The van der Waals surface area contributed by atoms with Crippen LogP contribution in [0.4, 0.5) is 11.4 Å². The predicted octanol–water partition coefficient (Wildman–Crippen LogP) is 2.90. The first-order valence-electron chi connectivity index (χ1n) is 6.22. The van der Waals surface area contributed by atoms with Gasteiger partial charge in [0.15, 0.2) is 0 Å². The number of hydrogen-bond donors (Lipinski definition) is 1. The Kier molecular flexibility index (Phi) is 3.51. The summed E-state index contributed by atoms with van der Waals surface area (Å²) in [6.45, 7) is 0. The Hall–Kier alpha value is -2.95. The molecule has 0 spiro atoms. The normalized spacial score (nSPS) is 10.8. The number of para-hydroxylation sites is 2. The molecule has 0 aliphatic rings. The highest BCUT2D eigenvalue weighted by atomic mass is 15.4. The minimum atomic E-state index is 0.991. The van der Waals surface area contributed by atoms with Crippen molar-refractivity contribution in [2.45, 2.75) is 0 Å². The largest absolute Gasteiger partial charge is 0.355 e. The molecule has 0 bridgehead atoms. The van der Waals surface area contributed by atoms with E-state index in [-0.39, 0.29) is 0 Å². The van der Waals surface area contributed by atoms with Crippen molar-refractivity contribution in [1.29, 1.82) is 0 Å². The molecule has 1 heterocycles. The molecule has 0 amide bonds. The van der Waals surface area contributed by atoms with E-state index in [9.17, 15) is 0 Å². The highest BCUT2D eigenvalue weighted by Gasteiger charge is 1.99. The van der Waals surface area contributed by atoms with Crippen LogP contribution in [-0.2, 0) is 0 Å². The van der Waals surface area contributed by atoms with E-state index in [2.05, 4.69) is 20.6 Å². The molecular formula is C15H13N5. The molecule has 0 saturated carbocycles. The van der Waals surface area contributed by atoms with E-state index in [1.165, 1.54) is 0 Å². The summed E-state index contributed by atoms with van der Waals surface area (Å²) < 4.78 is 1.55. The van der Waals surface area contributed by atoms with Crippen molar-refractivity contribution in [2.75, 3.05) is 5.32 Å². The Balaban J connectivity index is 1.85. The molecule has 0 atom stereocenters. The topological polar surface area (TPSA) is 55.1 Å². The Morgan fingerprint density at radius 1 is 0.900 bits per heavy atom. The van der Waals surface area contributed by atoms with Crippen LogP contribution in [0.3, 0.4) is 0 Å². The zero-order valence-corrected chi connectivity index (χ0v) is 10.7. The molecule has 20 heavy (non-hydrogen) atoms. The Morgan fingerprint density at radius 2 is 1.60 bits per heavy atom. The number of nitrogens with one attached hydrogen (secondary N) is 1. The second kappa shape index (κ2) is 5.79. The van der Waals surface area contributed by atoms with Gasteiger partial charge in [0.2, 0.25) is 0 Å². The van der Waals surface area contributed by atoms with Crippen molar-refractivity contribution in [1.82, 2.24) is 14.9 Å². The average Bonchev–Trinajstić information content (AvgIpc) is 3.01. The minimum absolute atomic E-state index is 0.991. The molecule has 1 N–H and O–H groups in total. The van der Waals surface area contributed by atoms with Crippen molar-refractivity contribution in [3.05, 3.63) is 72.8 Å². The summed E-state index contributed by atoms with van der Waals surface area (Å²) in [5, 5.41) is 15.1. The molecule has 2 aromatic carbocycles. The molecule has 0 aliphatic carbocycles. The number of rotatable bonds is 4. The van der Waals surface area contributed by atoms with Gasteiger partial charge in [-0.2, -0.15) is 5.10 Å². The first-order chi connectivity index (χ1) is 9.92. The van der Waals surface area contributed by atoms with E-state index in [1.54, 1.807) is 23.5 Å². The molecule has 1 aromatic heterocycles. The van der Waals surface area contributed by atoms with Crippen LogP contribution in [0.2, 0.25) is 0 Å². The smallest absolute Gasteiger partial charge is 0.141 e. The number of hydrogen-bond acceptors (Lipinski definition) is 4. The average molecular weight is 263 g/mol. The van der Waals surface area contributed by atoms with Crippen LogP contribution in [0, 0.1) is 0 Å². The molecular weight excluding hydrogens is 250 g/mol. The monoisotopic (exact) mass is 263 g/mol. The van der Waals surface area contributed by atoms with Gasteiger partial charge in [0.25, 0.3) is 0 Å². The van der Waals surface area contributed by atoms with E-state index in [4.69, 9.17) is 0 Å². The Bertz CT molecular complexity index is 689. The highest BCUT2D eigenvalue weighted by molar-refractivity contribution is 5.88. The van der Waals surface area contributed by atoms with Gasteiger partial charge in [0, 0.05) is 16.9 Å². The molecule has 0 radical (unpaired) electrons. The first kappa shape index (κ1) is 12.1. The zero-order valence-electron chi connectivity index (χ0n) is 10.7. The van der Waals surface area contributed by atoms with Crippen LogP contribution in [0.1, 0.15) is 5.56 Å². The summed E-state index contributed by atoms with van der Waals surface area (Å²) in [7, 11) is 0. The van der Waals surface area contributed by atoms with Crippen LogP contribution >= 0.6 is 0 Å². The summed E-state index contributed by atoms with van der Waals surface area (Å²) >= 11 is 0. The van der Waals surface area contributed by atoms with Crippen molar-refractivity contribution >= 4 is 17.6 Å². The lowest BCUT2D eigenvalue weighted by Crippen LogP contribution is -1.96. The molecule has 0 aliphatic heterocycles. The predicted molar refractivity (Wildman–Crippen MR) is 79.2 cm³/mol. The second-order valence-corrected chi connectivity index (χ2v) is 4.16. The number of nitrogens with zero attached hydrogens (tertiary/aromatic N) is 4. The third kappa shape index (κ3) is 2.89. The number of aromatic nitrogens is 3. The van der Waals surface area contributed by atoms with Gasteiger partial charge in [0.1, 0.15) is 12.7 Å². The fourth-order valence-corrected chi connectivity index (χ4v) is 1.78. The van der Waals surface area contributed by atoms with Gasteiger partial charge in [-0.1, -0.05) is 36.4 Å². The van der Waals surface area contributed by atoms with Crippen LogP contribution in [0.5, 0.6) is 0 Å². The summed E-state index contributed by atoms with van der Waals surface area (Å²) in [5.74, 6) is 0. The van der Waals surface area contributed by atoms with Crippen LogP contribution in [0.15, 0.2) is 72.4 Å². The Labute approximate surface area is 116 Å². The SMILES string of the molecule is C(=Nn1cnnc1)c1ccccc1Nc1ccccc1. The summed E-state index contributed by atoms with van der Waals surface area (Å²) in [6, 6.07) is 18.0. The lowest BCUT2D eigenvalue weighted by atomic mass is 10.2. The van der Waals surface area contributed by atoms with Gasteiger partial charge in [-0.05, 0) is 18.2 Å². The van der Waals surface area contributed by atoms with Crippen molar-refractivity contribution in [3.8, 4) is 0 Å². The third-order valence-electron chi connectivity index (χ3n) is 2.75. The number of anilines is 2. The molecule has 0 saturated heterocycles. The molecule has 0 fully saturated rings.